The van der Waals surface area contributed by atoms with E-state index in [1.54, 1.807) is 12.1 Å². The molecule has 0 saturated heterocycles. The van der Waals surface area contributed by atoms with Crippen LogP contribution in [0, 0.1) is 5.82 Å². The number of carboxylic acid groups (broad SMARTS) is 1. The highest BCUT2D eigenvalue weighted by Gasteiger charge is 2.16. The molecule has 2 aromatic rings. The molecule has 0 spiro atoms. The first-order chi connectivity index (χ1) is 8.99. The van der Waals surface area contributed by atoms with Crippen molar-refractivity contribution in [1.29, 1.82) is 0 Å². The number of aromatic carboxylic acids is 1. The predicted molar refractivity (Wildman–Crippen MR) is 75.3 cm³/mol. The highest BCUT2D eigenvalue weighted by atomic mass is 79.9. The first kappa shape index (κ1) is 14.0. The number of benzene rings is 2. The largest absolute Gasteiger partial charge is 0.478 e. The molecule has 1 N–H and O–H groups in total. The Morgan fingerprint density at radius 2 is 1.89 bits per heavy atom. The number of carbonyl (C=O) groups is 1. The Kier molecular flexibility index (Phi) is 4.21. The van der Waals surface area contributed by atoms with Crippen LogP contribution in [0.1, 0.15) is 10.4 Å². The summed E-state index contributed by atoms with van der Waals surface area (Å²) in [6, 6.07) is 8.89. The molecule has 0 radical (unpaired) electrons. The van der Waals surface area contributed by atoms with Crippen molar-refractivity contribution < 1.29 is 19.0 Å². The minimum absolute atomic E-state index is 0.0166. The Morgan fingerprint density at radius 3 is 2.53 bits per heavy atom. The third-order valence-corrected chi connectivity index (χ3v) is 3.58. The molecule has 0 aliphatic heterocycles. The standard InChI is InChI=1S/C13H7Br2FO3/c14-8-2-1-3-11(12(8)13(17)18)19-7-4-5-10(16)9(15)6-7/h1-6H,(H,17,18). The normalized spacial score (nSPS) is 10.3. The molecule has 0 saturated carbocycles. The smallest absolute Gasteiger partial charge is 0.340 e. The third kappa shape index (κ3) is 3.13. The molecule has 98 valence electrons. The van der Waals surface area contributed by atoms with Crippen LogP contribution >= 0.6 is 31.9 Å². The Labute approximate surface area is 125 Å². The fourth-order valence-corrected chi connectivity index (χ4v) is 2.34. The molecular formula is C13H7Br2FO3. The number of hydrogen-bond donors (Lipinski definition) is 1. The maximum Gasteiger partial charge on any atom is 0.340 e. The second kappa shape index (κ2) is 5.71. The van der Waals surface area contributed by atoms with Crippen molar-refractivity contribution in [1.82, 2.24) is 0 Å². The van der Waals surface area contributed by atoms with E-state index in [0.717, 1.165) is 0 Å². The second-order valence-electron chi connectivity index (χ2n) is 3.60. The SMILES string of the molecule is O=C(O)c1c(Br)cccc1Oc1ccc(F)c(Br)c1. The monoisotopic (exact) mass is 388 g/mol. The molecule has 0 amide bonds. The van der Waals surface area contributed by atoms with Crippen molar-refractivity contribution in [2.75, 3.05) is 0 Å². The number of ether oxygens (including phenoxy) is 1. The maximum absolute atomic E-state index is 13.1. The molecule has 0 aromatic heterocycles. The van der Waals surface area contributed by atoms with Gasteiger partial charge in [0.2, 0.25) is 0 Å². The van der Waals surface area contributed by atoms with Crippen molar-refractivity contribution in [3.63, 3.8) is 0 Å². The van der Waals surface area contributed by atoms with E-state index in [1.807, 2.05) is 0 Å². The average Bonchev–Trinajstić information content (AvgIpc) is 2.33. The molecule has 0 aliphatic carbocycles. The lowest BCUT2D eigenvalue weighted by molar-refractivity contribution is 0.0693. The Balaban J connectivity index is 2.40. The van der Waals surface area contributed by atoms with E-state index in [-0.39, 0.29) is 15.8 Å². The van der Waals surface area contributed by atoms with E-state index in [9.17, 15) is 9.18 Å². The van der Waals surface area contributed by atoms with E-state index in [2.05, 4.69) is 31.9 Å². The van der Waals surface area contributed by atoms with Gasteiger partial charge < -0.3 is 9.84 Å². The summed E-state index contributed by atoms with van der Waals surface area (Å²) in [5, 5.41) is 9.14. The molecule has 2 rings (SSSR count). The van der Waals surface area contributed by atoms with Crippen LogP contribution in [0.5, 0.6) is 11.5 Å². The number of carboxylic acids is 1. The Morgan fingerprint density at radius 1 is 1.16 bits per heavy atom. The van der Waals surface area contributed by atoms with E-state index in [1.165, 1.54) is 24.3 Å². The molecule has 0 atom stereocenters. The van der Waals surface area contributed by atoms with Crippen molar-refractivity contribution in [2.24, 2.45) is 0 Å². The van der Waals surface area contributed by atoms with Gasteiger partial charge in [-0.25, -0.2) is 9.18 Å². The van der Waals surface area contributed by atoms with E-state index in [0.29, 0.717) is 10.2 Å². The van der Waals surface area contributed by atoms with Gasteiger partial charge in [-0.15, -0.1) is 0 Å². The highest BCUT2D eigenvalue weighted by Crippen LogP contribution is 2.32. The zero-order chi connectivity index (χ0) is 14.0. The molecule has 3 nitrogen and oxygen atoms in total. The lowest BCUT2D eigenvalue weighted by Gasteiger charge is -2.10. The summed E-state index contributed by atoms with van der Waals surface area (Å²) < 4.78 is 19.2. The van der Waals surface area contributed by atoms with Crippen molar-refractivity contribution in [3.8, 4) is 11.5 Å². The zero-order valence-corrected chi connectivity index (χ0v) is 12.5. The van der Waals surface area contributed by atoms with Crippen LogP contribution in [-0.4, -0.2) is 11.1 Å². The molecule has 2 aromatic carbocycles. The number of rotatable bonds is 3. The van der Waals surface area contributed by atoms with Gasteiger partial charge in [0.05, 0.1) is 4.47 Å². The number of halogens is 3. The van der Waals surface area contributed by atoms with E-state index in [4.69, 9.17) is 9.84 Å². The summed E-state index contributed by atoms with van der Waals surface area (Å²) in [5.41, 5.74) is 0.0166. The van der Waals surface area contributed by atoms with Crippen LogP contribution in [-0.2, 0) is 0 Å². The summed E-state index contributed by atoms with van der Waals surface area (Å²) in [6.45, 7) is 0. The fraction of sp³-hybridized carbons (Fsp3) is 0. The highest BCUT2D eigenvalue weighted by molar-refractivity contribution is 9.10. The van der Waals surface area contributed by atoms with Crippen molar-refractivity contribution >= 4 is 37.8 Å². The van der Waals surface area contributed by atoms with E-state index < -0.39 is 11.8 Å². The summed E-state index contributed by atoms with van der Waals surface area (Å²) >= 11 is 6.20. The molecule has 0 fully saturated rings. The molecule has 0 aliphatic rings. The van der Waals surface area contributed by atoms with Crippen LogP contribution in [0.4, 0.5) is 4.39 Å². The molecule has 19 heavy (non-hydrogen) atoms. The minimum atomic E-state index is -1.11. The predicted octanol–water partition coefficient (Wildman–Crippen LogP) is 4.84. The summed E-state index contributed by atoms with van der Waals surface area (Å²) in [4.78, 5) is 11.2. The first-order valence-corrected chi connectivity index (χ1v) is 6.72. The van der Waals surface area contributed by atoms with Gasteiger partial charge in [0.1, 0.15) is 22.9 Å². The van der Waals surface area contributed by atoms with Gasteiger partial charge in [-0.3, -0.25) is 0 Å². The summed E-state index contributed by atoms with van der Waals surface area (Å²) in [5.74, 6) is -1.00. The van der Waals surface area contributed by atoms with Gasteiger partial charge in [-0.1, -0.05) is 6.07 Å². The Bertz CT molecular complexity index is 644. The first-order valence-electron chi connectivity index (χ1n) is 5.13. The van der Waals surface area contributed by atoms with Crippen LogP contribution < -0.4 is 4.74 Å². The van der Waals surface area contributed by atoms with Gasteiger partial charge in [-0.05, 0) is 62.2 Å². The maximum atomic E-state index is 13.1. The second-order valence-corrected chi connectivity index (χ2v) is 5.30. The molecule has 0 unspecified atom stereocenters. The van der Waals surface area contributed by atoms with Crippen LogP contribution in [0.3, 0.4) is 0 Å². The van der Waals surface area contributed by atoms with Gasteiger partial charge in [0, 0.05) is 4.47 Å². The molecule has 0 heterocycles. The zero-order valence-electron chi connectivity index (χ0n) is 9.36. The van der Waals surface area contributed by atoms with Crippen LogP contribution in [0.15, 0.2) is 45.3 Å². The summed E-state index contributed by atoms with van der Waals surface area (Å²) in [7, 11) is 0. The van der Waals surface area contributed by atoms with Gasteiger partial charge in [0.15, 0.2) is 0 Å². The summed E-state index contributed by atoms with van der Waals surface area (Å²) in [6.07, 6.45) is 0. The Hall–Kier alpha value is -1.40. The molecular weight excluding hydrogens is 383 g/mol. The quantitative estimate of drug-likeness (QED) is 0.816. The van der Waals surface area contributed by atoms with Gasteiger partial charge in [-0.2, -0.15) is 0 Å². The minimum Gasteiger partial charge on any atom is -0.478 e. The lowest BCUT2D eigenvalue weighted by Crippen LogP contribution is -2.01. The third-order valence-electron chi connectivity index (χ3n) is 2.31. The van der Waals surface area contributed by atoms with Gasteiger partial charge in [0.25, 0.3) is 0 Å². The fourth-order valence-electron chi connectivity index (χ4n) is 1.46. The number of hydrogen-bond acceptors (Lipinski definition) is 2. The average molecular weight is 390 g/mol. The van der Waals surface area contributed by atoms with E-state index >= 15 is 0 Å². The van der Waals surface area contributed by atoms with Crippen molar-refractivity contribution in [2.45, 2.75) is 0 Å². The van der Waals surface area contributed by atoms with Crippen molar-refractivity contribution in [3.05, 3.63) is 56.7 Å². The topological polar surface area (TPSA) is 46.5 Å². The van der Waals surface area contributed by atoms with Crippen LogP contribution in [0.2, 0.25) is 0 Å². The molecule has 6 heteroatoms. The molecule has 0 bridgehead atoms. The lowest BCUT2D eigenvalue weighted by atomic mass is 10.2. The van der Waals surface area contributed by atoms with Crippen LogP contribution in [0.25, 0.3) is 0 Å². The van der Waals surface area contributed by atoms with Gasteiger partial charge >= 0.3 is 5.97 Å².